The van der Waals surface area contributed by atoms with Gasteiger partial charge in [0.25, 0.3) is 0 Å². The molecule has 7 heteroatoms. The lowest BCUT2D eigenvalue weighted by Gasteiger charge is -2.24. The fourth-order valence-electron chi connectivity index (χ4n) is 0.911. The summed E-state index contributed by atoms with van der Waals surface area (Å²) in [5, 5.41) is 2.24. The minimum absolute atomic E-state index is 0. The summed E-state index contributed by atoms with van der Waals surface area (Å²) in [5.74, 6) is 21.2. The van der Waals surface area contributed by atoms with Crippen LogP contribution in [-0.2, 0) is 0 Å². The van der Waals surface area contributed by atoms with E-state index in [9.17, 15) is 0 Å². The molecule has 76 valence electrons. The molecule has 11 N–H and O–H groups in total. The van der Waals surface area contributed by atoms with Crippen molar-refractivity contribution in [2.24, 2.45) is 23.4 Å². The van der Waals surface area contributed by atoms with E-state index in [-0.39, 0.29) is 12.2 Å². The summed E-state index contributed by atoms with van der Waals surface area (Å²) in [6.07, 6.45) is 1.89. The predicted molar refractivity (Wildman–Crippen MR) is 49.0 cm³/mol. The summed E-state index contributed by atoms with van der Waals surface area (Å²) in [5.41, 5.74) is 0. The van der Waals surface area contributed by atoms with Crippen LogP contribution in [0.5, 0.6) is 0 Å². The highest BCUT2D eigenvalue weighted by Crippen LogP contribution is 1.99. The SMILES string of the molecule is CCCC(CN(N)N)N(N)N.N. The largest absolute Gasteiger partial charge is 0.344 e. The van der Waals surface area contributed by atoms with Crippen LogP contribution in [0.25, 0.3) is 0 Å². The van der Waals surface area contributed by atoms with Gasteiger partial charge in [0.15, 0.2) is 0 Å². The Hall–Kier alpha value is -0.280. The Morgan fingerprint density at radius 3 is 1.92 bits per heavy atom. The van der Waals surface area contributed by atoms with E-state index in [0.717, 1.165) is 23.1 Å². The first kappa shape index (κ1) is 14.3. The van der Waals surface area contributed by atoms with Crippen molar-refractivity contribution in [1.29, 1.82) is 0 Å². The van der Waals surface area contributed by atoms with Crippen LogP contribution in [0.2, 0.25) is 0 Å². The smallest absolute Gasteiger partial charge is 0.0550 e. The van der Waals surface area contributed by atoms with Gasteiger partial charge >= 0.3 is 0 Å². The van der Waals surface area contributed by atoms with Gasteiger partial charge in [0, 0.05) is 6.54 Å². The molecule has 0 saturated carbocycles. The van der Waals surface area contributed by atoms with Gasteiger partial charge in [0.05, 0.1) is 6.04 Å². The lowest BCUT2D eigenvalue weighted by atomic mass is 10.2. The molecule has 12 heavy (non-hydrogen) atoms. The monoisotopic (exact) mass is 179 g/mol. The van der Waals surface area contributed by atoms with Gasteiger partial charge in [-0.3, -0.25) is 23.4 Å². The average Bonchev–Trinajstić information content (AvgIpc) is 1.86. The van der Waals surface area contributed by atoms with Crippen molar-refractivity contribution in [1.82, 2.24) is 16.4 Å². The zero-order valence-corrected chi connectivity index (χ0v) is 7.61. The summed E-state index contributed by atoms with van der Waals surface area (Å²) in [6.45, 7) is 2.52. The molecule has 0 aromatic carbocycles. The van der Waals surface area contributed by atoms with Crippen molar-refractivity contribution in [3.63, 3.8) is 0 Å². The normalized spacial score (nSPS) is 13.2. The lowest BCUT2D eigenvalue weighted by Crippen LogP contribution is -2.54. The summed E-state index contributed by atoms with van der Waals surface area (Å²) in [6, 6.07) is 0.0231. The molecule has 0 spiro atoms. The van der Waals surface area contributed by atoms with Crippen molar-refractivity contribution >= 4 is 0 Å². The van der Waals surface area contributed by atoms with Crippen LogP contribution in [-0.4, -0.2) is 22.8 Å². The molecule has 0 aliphatic heterocycles. The number of nitrogens with two attached hydrogens (primary N) is 4. The number of hydrogen-bond acceptors (Lipinski definition) is 7. The second kappa shape index (κ2) is 7.37. The molecule has 0 aliphatic carbocycles. The molecule has 7 nitrogen and oxygen atoms in total. The Bertz CT molecular complexity index is 93.8. The molecular formula is C5H21N7. The van der Waals surface area contributed by atoms with E-state index >= 15 is 0 Å². The van der Waals surface area contributed by atoms with Gasteiger partial charge in [-0.1, -0.05) is 13.3 Å². The van der Waals surface area contributed by atoms with Crippen LogP contribution in [0.1, 0.15) is 19.8 Å². The highest BCUT2D eigenvalue weighted by molar-refractivity contribution is 4.64. The highest BCUT2D eigenvalue weighted by Gasteiger charge is 2.12. The second-order valence-corrected chi connectivity index (χ2v) is 2.59. The maximum absolute atomic E-state index is 5.34. The van der Waals surface area contributed by atoms with Gasteiger partial charge in [-0.15, -0.1) is 0 Å². The van der Waals surface area contributed by atoms with Gasteiger partial charge < -0.3 is 6.15 Å². The van der Waals surface area contributed by atoms with Crippen molar-refractivity contribution < 1.29 is 0 Å². The summed E-state index contributed by atoms with van der Waals surface area (Å²) >= 11 is 0. The summed E-state index contributed by atoms with van der Waals surface area (Å²) in [4.78, 5) is 0. The Morgan fingerprint density at radius 1 is 1.17 bits per heavy atom. The van der Waals surface area contributed by atoms with Crippen LogP contribution in [0.15, 0.2) is 0 Å². The van der Waals surface area contributed by atoms with Crippen molar-refractivity contribution in [2.45, 2.75) is 25.8 Å². The van der Waals surface area contributed by atoms with E-state index in [4.69, 9.17) is 23.4 Å². The average molecular weight is 179 g/mol. The maximum Gasteiger partial charge on any atom is 0.0550 e. The molecule has 0 heterocycles. The van der Waals surface area contributed by atoms with Crippen LogP contribution in [0.4, 0.5) is 0 Å². The third-order valence-corrected chi connectivity index (χ3v) is 1.47. The number of nitrogens with zero attached hydrogens (tertiary/aromatic N) is 2. The van der Waals surface area contributed by atoms with Crippen LogP contribution < -0.4 is 29.5 Å². The zero-order valence-electron chi connectivity index (χ0n) is 7.61. The molecule has 0 saturated heterocycles. The predicted octanol–water partition coefficient (Wildman–Crippen LogP) is -1.58. The van der Waals surface area contributed by atoms with E-state index in [0.29, 0.717) is 6.54 Å². The number of rotatable bonds is 5. The number of hydrogen-bond donors (Lipinski definition) is 5. The van der Waals surface area contributed by atoms with Crippen molar-refractivity contribution in [3.05, 3.63) is 0 Å². The Morgan fingerprint density at radius 2 is 1.67 bits per heavy atom. The first-order valence-electron chi connectivity index (χ1n) is 3.63. The highest BCUT2D eigenvalue weighted by atomic mass is 15.6. The van der Waals surface area contributed by atoms with E-state index in [2.05, 4.69) is 0 Å². The van der Waals surface area contributed by atoms with Crippen LogP contribution >= 0.6 is 0 Å². The molecule has 1 atom stereocenters. The zero-order chi connectivity index (χ0) is 8.85. The molecule has 0 fully saturated rings. The van der Waals surface area contributed by atoms with E-state index in [1.54, 1.807) is 0 Å². The molecule has 0 radical (unpaired) electrons. The number of hydrazine groups is 4. The molecule has 0 rings (SSSR count). The minimum atomic E-state index is 0. The fraction of sp³-hybridized carbons (Fsp3) is 1.00. The Kier molecular flexibility index (Phi) is 8.76. The van der Waals surface area contributed by atoms with Crippen molar-refractivity contribution in [3.8, 4) is 0 Å². The molecular weight excluding hydrogens is 158 g/mol. The maximum atomic E-state index is 5.34. The van der Waals surface area contributed by atoms with E-state index < -0.39 is 0 Å². The quantitative estimate of drug-likeness (QED) is 0.253. The van der Waals surface area contributed by atoms with Crippen LogP contribution in [0, 0.1) is 0 Å². The second-order valence-electron chi connectivity index (χ2n) is 2.59. The fourth-order valence-corrected chi connectivity index (χ4v) is 0.911. The third-order valence-electron chi connectivity index (χ3n) is 1.47. The lowest BCUT2D eigenvalue weighted by molar-refractivity contribution is 0.133. The van der Waals surface area contributed by atoms with Gasteiger partial charge in [-0.25, -0.2) is 0 Å². The van der Waals surface area contributed by atoms with E-state index in [1.807, 2.05) is 6.92 Å². The molecule has 0 aromatic rings. The Labute approximate surface area is 73.1 Å². The molecule has 0 bridgehead atoms. The summed E-state index contributed by atoms with van der Waals surface area (Å²) in [7, 11) is 0. The van der Waals surface area contributed by atoms with Crippen LogP contribution in [0.3, 0.4) is 0 Å². The summed E-state index contributed by atoms with van der Waals surface area (Å²) < 4.78 is 0. The van der Waals surface area contributed by atoms with E-state index in [1.165, 1.54) is 0 Å². The van der Waals surface area contributed by atoms with Gasteiger partial charge in [-0.05, 0) is 6.42 Å². The standard InChI is InChI=1S/C5H18N6.H3N/c1-2-3-5(11(8)9)4-10(6)7;/h5H,2-4,6-9H2,1H3;1H3. The first-order chi connectivity index (χ1) is 5.07. The first-order valence-corrected chi connectivity index (χ1v) is 3.63. The third kappa shape index (κ3) is 6.43. The molecule has 1 unspecified atom stereocenters. The molecule has 0 aromatic heterocycles. The molecule has 0 aliphatic rings. The van der Waals surface area contributed by atoms with Gasteiger partial charge in [0.1, 0.15) is 0 Å². The minimum Gasteiger partial charge on any atom is -0.344 e. The molecule has 0 amide bonds. The topological polar surface area (TPSA) is 146 Å². The van der Waals surface area contributed by atoms with Crippen molar-refractivity contribution in [2.75, 3.05) is 6.54 Å². The Balaban J connectivity index is 0. The van der Waals surface area contributed by atoms with Gasteiger partial charge in [-0.2, -0.15) is 10.2 Å². The van der Waals surface area contributed by atoms with Gasteiger partial charge in [0.2, 0.25) is 0 Å².